The van der Waals surface area contributed by atoms with E-state index in [0.717, 1.165) is 18.7 Å². The standard InChI is InChI=1S/C26H32N6/c1-30(18-21-6-3-2-4-7-21)23-11-14-31(15-12-23)13-5-8-22-17-27-26-10-9-24(16-25(22)26)32-19-28-29-20-32/h2-4,6-7,9-10,16-17,19-20,23,27H,5,8,11-15,18H2,1H3. The summed E-state index contributed by atoms with van der Waals surface area (Å²) in [4.78, 5) is 8.60. The number of aromatic nitrogens is 4. The van der Waals surface area contributed by atoms with E-state index in [9.17, 15) is 0 Å². The molecule has 1 N–H and O–H groups in total. The normalized spacial score (nSPS) is 15.7. The minimum absolute atomic E-state index is 0.691. The fourth-order valence-corrected chi connectivity index (χ4v) is 4.95. The number of fused-ring (bicyclic) bond motifs is 1. The van der Waals surface area contributed by atoms with Gasteiger partial charge in [-0.15, -0.1) is 10.2 Å². The summed E-state index contributed by atoms with van der Waals surface area (Å²) in [5, 5.41) is 9.15. The Morgan fingerprint density at radius 3 is 2.59 bits per heavy atom. The smallest absolute Gasteiger partial charge is 0.123 e. The zero-order chi connectivity index (χ0) is 21.8. The average molecular weight is 429 g/mol. The molecule has 1 aliphatic heterocycles. The minimum Gasteiger partial charge on any atom is -0.361 e. The van der Waals surface area contributed by atoms with Crippen LogP contribution in [0.5, 0.6) is 0 Å². The van der Waals surface area contributed by atoms with Gasteiger partial charge in [-0.1, -0.05) is 30.3 Å². The van der Waals surface area contributed by atoms with Gasteiger partial charge < -0.3 is 9.88 Å². The highest BCUT2D eigenvalue weighted by molar-refractivity contribution is 5.85. The van der Waals surface area contributed by atoms with Crippen molar-refractivity contribution in [3.63, 3.8) is 0 Å². The molecule has 1 fully saturated rings. The Balaban J connectivity index is 1.11. The van der Waals surface area contributed by atoms with Crippen molar-refractivity contribution in [1.29, 1.82) is 0 Å². The van der Waals surface area contributed by atoms with E-state index in [1.54, 1.807) is 12.7 Å². The Labute approximate surface area is 189 Å². The van der Waals surface area contributed by atoms with E-state index < -0.39 is 0 Å². The van der Waals surface area contributed by atoms with E-state index in [0.29, 0.717) is 6.04 Å². The van der Waals surface area contributed by atoms with E-state index in [4.69, 9.17) is 0 Å². The lowest BCUT2D eigenvalue weighted by Crippen LogP contribution is -2.43. The molecule has 0 aliphatic carbocycles. The first-order valence-electron chi connectivity index (χ1n) is 11.7. The van der Waals surface area contributed by atoms with Gasteiger partial charge in [0.25, 0.3) is 0 Å². The van der Waals surface area contributed by atoms with Crippen LogP contribution in [0, 0.1) is 0 Å². The maximum absolute atomic E-state index is 3.92. The number of aryl methyl sites for hydroxylation is 1. The largest absolute Gasteiger partial charge is 0.361 e. The van der Waals surface area contributed by atoms with Gasteiger partial charge in [0, 0.05) is 35.4 Å². The summed E-state index contributed by atoms with van der Waals surface area (Å²) >= 11 is 0. The topological polar surface area (TPSA) is 53.0 Å². The molecule has 0 saturated carbocycles. The van der Waals surface area contributed by atoms with Gasteiger partial charge in [0.15, 0.2) is 0 Å². The average Bonchev–Trinajstić information content (AvgIpc) is 3.50. The molecule has 0 radical (unpaired) electrons. The number of nitrogens with one attached hydrogen (secondary N) is 1. The minimum atomic E-state index is 0.691. The molecule has 4 aromatic rings. The summed E-state index contributed by atoms with van der Waals surface area (Å²) in [6.45, 7) is 4.63. The van der Waals surface area contributed by atoms with E-state index in [2.05, 4.69) is 86.8 Å². The quantitative estimate of drug-likeness (QED) is 0.455. The predicted molar refractivity (Wildman–Crippen MR) is 129 cm³/mol. The Bertz CT molecular complexity index is 1110. The molecule has 0 bridgehead atoms. The molecule has 6 nitrogen and oxygen atoms in total. The molecular formula is C26H32N6. The molecule has 2 aromatic heterocycles. The molecule has 3 heterocycles. The first-order valence-corrected chi connectivity index (χ1v) is 11.7. The van der Waals surface area contributed by atoms with Crippen LogP contribution in [-0.2, 0) is 13.0 Å². The summed E-state index contributed by atoms with van der Waals surface area (Å²) in [6, 6.07) is 18.0. The van der Waals surface area contributed by atoms with Crippen LogP contribution < -0.4 is 0 Å². The number of nitrogens with zero attached hydrogens (tertiary/aromatic N) is 5. The second-order valence-corrected chi connectivity index (χ2v) is 8.99. The van der Waals surface area contributed by atoms with Gasteiger partial charge in [-0.3, -0.25) is 9.47 Å². The lowest BCUT2D eigenvalue weighted by molar-refractivity contribution is 0.122. The summed E-state index contributed by atoms with van der Waals surface area (Å²) in [5.41, 5.74) is 5.10. The molecule has 0 amide bonds. The Kier molecular flexibility index (Phi) is 6.32. The van der Waals surface area contributed by atoms with Crippen molar-refractivity contribution in [2.24, 2.45) is 0 Å². The van der Waals surface area contributed by atoms with Crippen LogP contribution >= 0.6 is 0 Å². The van der Waals surface area contributed by atoms with E-state index in [1.165, 1.54) is 60.9 Å². The van der Waals surface area contributed by atoms with Crippen LogP contribution in [0.3, 0.4) is 0 Å². The second-order valence-electron chi connectivity index (χ2n) is 8.99. The van der Waals surface area contributed by atoms with Crippen molar-refractivity contribution in [2.45, 2.75) is 38.3 Å². The fraction of sp³-hybridized carbons (Fsp3) is 0.385. The lowest BCUT2D eigenvalue weighted by atomic mass is 10.0. The Morgan fingerprint density at radius 1 is 1.03 bits per heavy atom. The fourth-order valence-electron chi connectivity index (χ4n) is 4.95. The third-order valence-corrected chi connectivity index (χ3v) is 6.84. The highest BCUT2D eigenvalue weighted by Gasteiger charge is 2.22. The van der Waals surface area contributed by atoms with Gasteiger partial charge in [0.2, 0.25) is 0 Å². The third kappa shape index (κ3) is 4.76. The molecular weight excluding hydrogens is 396 g/mol. The van der Waals surface area contributed by atoms with Crippen molar-refractivity contribution >= 4 is 10.9 Å². The zero-order valence-corrected chi connectivity index (χ0v) is 18.8. The lowest BCUT2D eigenvalue weighted by Gasteiger charge is -2.36. The van der Waals surface area contributed by atoms with Crippen LogP contribution in [0.4, 0.5) is 0 Å². The first-order chi connectivity index (χ1) is 15.8. The summed E-state index contributed by atoms with van der Waals surface area (Å²) < 4.78 is 1.95. The number of piperidine rings is 1. The number of aromatic amines is 1. The maximum atomic E-state index is 3.92. The van der Waals surface area contributed by atoms with E-state index in [1.807, 2.05) is 4.57 Å². The van der Waals surface area contributed by atoms with E-state index >= 15 is 0 Å². The van der Waals surface area contributed by atoms with Crippen molar-refractivity contribution in [2.75, 3.05) is 26.7 Å². The van der Waals surface area contributed by atoms with Gasteiger partial charge in [-0.2, -0.15) is 0 Å². The molecule has 166 valence electrons. The van der Waals surface area contributed by atoms with Crippen molar-refractivity contribution in [3.05, 3.63) is 78.5 Å². The molecule has 0 spiro atoms. The predicted octanol–water partition coefficient (Wildman–Crippen LogP) is 4.28. The van der Waals surface area contributed by atoms with Crippen LogP contribution in [0.2, 0.25) is 0 Å². The second kappa shape index (κ2) is 9.67. The van der Waals surface area contributed by atoms with Crippen LogP contribution in [-0.4, -0.2) is 62.3 Å². The number of hydrogen-bond acceptors (Lipinski definition) is 4. The Morgan fingerprint density at radius 2 is 1.81 bits per heavy atom. The highest BCUT2D eigenvalue weighted by atomic mass is 15.2. The number of hydrogen-bond donors (Lipinski definition) is 1. The molecule has 0 unspecified atom stereocenters. The number of likely N-dealkylation sites (tertiary alicyclic amines) is 1. The van der Waals surface area contributed by atoms with Gasteiger partial charge in [0.1, 0.15) is 12.7 Å². The molecule has 1 aliphatic rings. The van der Waals surface area contributed by atoms with E-state index in [-0.39, 0.29) is 0 Å². The number of benzene rings is 2. The maximum Gasteiger partial charge on any atom is 0.123 e. The molecule has 0 atom stereocenters. The van der Waals surface area contributed by atoms with Crippen LogP contribution in [0.1, 0.15) is 30.4 Å². The molecule has 2 aromatic carbocycles. The van der Waals surface area contributed by atoms with Gasteiger partial charge in [-0.05, 0) is 81.7 Å². The highest BCUT2D eigenvalue weighted by Crippen LogP contribution is 2.23. The monoisotopic (exact) mass is 428 g/mol. The summed E-state index contributed by atoms with van der Waals surface area (Å²) in [6.07, 6.45) is 10.5. The van der Waals surface area contributed by atoms with Crippen LogP contribution in [0.25, 0.3) is 16.6 Å². The Hall–Kier alpha value is -2.96. The van der Waals surface area contributed by atoms with Crippen LogP contribution in [0.15, 0.2) is 67.4 Å². The van der Waals surface area contributed by atoms with Gasteiger partial charge >= 0.3 is 0 Å². The number of H-pyrrole nitrogens is 1. The van der Waals surface area contributed by atoms with Crippen molar-refractivity contribution < 1.29 is 0 Å². The SMILES string of the molecule is CN(Cc1ccccc1)C1CCN(CCCc2c[nH]c3ccc(-n4cnnc4)cc23)CC1. The van der Waals surface area contributed by atoms with Crippen molar-refractivity contribution in [1.82, 2.24) is 29.5 Å². The molecule has 1 saturated heterocycles. The first kappa shape index (κ1) is 20.9. The van der Waals surface area contributed by atoms with Crippen molar-refractivity contribution in [3.8, 4) is 5.69 Å². The van der Waals surface area contributed by atoms with Gasteiger partial charge in [0.05, 0.1) is 0 Å². The molecule has 32 heavy (non-hydrogen) atoms. The zero-order valence-electron chi connectivity index (χ0n) is 18.8. The van der Waals surface area contributed by atoms with Gasteiger partial charge in [-0.25, -0.2) is 0 Å². The summed E-state index contributed by atoms with van der Waals surface area (Å²) in [7, 11) is 2.28. The molecule has 6 heteroatoms. The molecule has 5 rings (SSSR count). The summed E-state index contributed by atoms with van der Waals surface area (Å²) in [5.74, 6) is 0. The number of rotatable bonds is 8. The third-order valence-electron chi connectivity index (χ3n) is 6.84.